The van der Waals surface area contributed by atoms with E-state index in [1.807, 2.05) is 30.3 Å². The first kappa shape index (κ1) is 26.2. The molecule has 192 valence electrons. The van der Waals surface area contributed by atoms with Gasteiger partial charge in [0.25, 0.3) is 0 Å². The molecule has 7 nitrogen and oxygen atoms in total. The first-order valence-corrected chi connectivity index (χ1v) is 12.4. The number of hydrogen-bond donors (Lipinski definition) is 3. The van der Waals surface area contributed by atoms with Gasteiger partial charge in [-0.1, -0.05) is 24.3 Å². The topological polar surface area (TPSA) is 96.5 Å². The van der Waals surface area contributed by atoms with Crippen molar-refractivity contribution in [1.29, 1.82) is 0 Å². The number of carbonyl (C=O) groups excluding carboxylic acids is 3. The van der Waals surface area contributed by atoms with Gasteiger partial charge in [0.2, 0.25) is 17.7 Å². The number of anilines is 1. The molecule has 0 radical (unpaired) electrons. The SMILES string of the molecule is COc1ccc([C@H]2Sc3ccccc3NC(=O)[C@H]2NC(=O)[C@H](C)NC(=O)Cc2cc(F)cc(F)c2)cc1. The predicted molar refractivity (Wildman–Crippen MR) is 136 cm³/mol. The van der Waals surface area contributed by atoms with Crippen LogP contribution in [-0.2, 0) is 20.8 Å². The fourth-order valence-corrected chi connectivity index (χ4v) is 5.25. The smallest absolute Gasteiger partial charge is 0.248 e. The number of amides is 3. The highest BCUT2D eigenvalue weighted by atomic mass is 32.2. The van der Waals surface area contributed by atoms with Gasteiger partial charge in [-0.3, -0.25) is 14.4 Å². The van der Waals surface area contributed by atoms with E-state index < -0.39 is 46.7 Å². The number of thioether (sulfide) groups is 1. The Hall–Kier alpha value is -3.92. The summed E-state index contributed by atoms with van der Waals surface area (Å²) in [5, 5.41) is 7.68. The fraction of sp³-hybridized carbons (Fsp3) is 0.222. The Morgan fingerprint density at radius 3 is 2.41 bits per heavy atom. The first-order valence-electron chi connectivity index (χ1n) is 11.5. The molecule has 3 amide bonds. The summed E-state index contributed by atoms with van der Waals surface area (Å²) < 4.78 is 32.1. The van der Waals surface area contributed by atoms with Crippen LogP contribution in [0.15, 0.2) is 71.6 Å². The molecule has 3 aromatic rings. The molecule has 1 aliphatic rings. The van der Waals surface area contributed by atoms with E-state index in [1.54, 1.807) is 25.3 Å². The number of fused-ring (bicyclic) bond motifs is 1. The molecule has 1 aliphatic heterocycles. The molecule has 0 unspecified atom stereocenters. The second kappa shape index (κ2) is 11.4. The summed E-state index contributed by atoms with van der Waals surface area (Å²) in [6.07, 6.45) is -0.310. The van der Waals surface area contributed by atoms with Crippen molar-refractivity contribution in [2.75, 3.05) is 12.4 Å². The van der Waals surface area contributed by atoms with Crippen molar-refractivity contribution < 1.29 is 27.9 Å². The lowest BCUT2D eigenvalue weighted by Crippen LogP contribution is -2.53. The maximum absolute atomic E-state index is 13.4. The number of ether oxygens (including phenoxy) is 1. The van der Waals surface area contributed by atoms with Crippen molar-refractivity contribution in [3.63, 3.8) is 0 Å². The molecule has 0 fully saturated rings. The predicted octanol–water partition coefficient (Wildman–Crippen LogP) is 3.99. The lowest BCUT2D eigenvalue weighted by molar-refractivity contribution is -0.130. The number of rotatable bonds is 7. The molecule has 0 bridgehead atoms. The molecular formula is C27H25F2N3O4S. The van der Waals surface area contributed by atoms with Gasteiger partial charge < -0.3 is 20.7 Å². The molecule has 0 saturated carbocycles. The van der Waals surface area contributed by atoms with Crippen LogP contribution in [0.4, 0.5) is 14.5 Å². The lowest BCUT2D eigenvalue weighted by Gasteiger charge is -2.26. The fourth-order valence-electron chi connectivity index (χ4n) is 3.96. The van der Waals surface area contributed by atoms with E-state index in [2.05, 4.69) is 16.0 Å². The van der Waals surface area contributed by atoms with Crippen molar-refractivity contribution in [3.8, 4) is 5.75 Å². The highest BCUT2D eigenvalue weighted by Crippen LogP contribution is 2.44. The zero-order valence-electron chi connectivity index (χ0n) is 20.1. The zero-order valence-corrected chi connectivity index (χ0v) is 20.9. The maximum atomic E-state index is 13.4. The standard InChI is InChI=1S/C27H25F2N3O4S/c1-15(30-23(33)13-16-11-18(28)14-19(29)12-16)26(34)32-24-25(17-7-9-20(36-2)10-8-17)37-22-6-4-3-5-21(22)31-27(24)35/h3-12,14-15,24-25H,13H2,1-2H3,(H,30,33)(H,31,35)(H,32,34)/t15-,24-,25+/m0/s1. The van der Waals surface area contributed by atoms with Gasteiger partial charge in [-0.05, 0) is 54.4 Å². The minimum Gasteiger partial charge on any atom is -0.497 e. The Labute approximate surface area is 217 Å². The van der Waals surface area contributed by atoms with Crippen LogP contribution in [0.5, 0.6) is 5.75 Å². The van der Waals surface area contributed by atoms with Crippen LogP contribution in [0, 0.1) is 11.6 Å². The van der Waals surface area contributed by atoms with E-state index in [-0.39, 0.29) is 12.0 Å². The maximum Gasteiger partial charge on any atom is 0.248 e. The first-order chi connectivity index (χ1) is 17.7. The Morgan fingerprint density at radius 2 is 1.73 bits per heavy atom. The van der Waals surface area contributed by atoms with Crippen molar-refractivity contribution in [2.24, 2.45) is 0 Å². The molecule has 0 spiro atoms. The summed E-state index contributed by atoms with van der Waals surface area (Å²) >= 11 is 1.43. The molecule has 0 aliphatic carbocycles. The third-order valence-corrected chi connectivity index (χ3v) is 7.19. The monoisotopic (exact) mass is 525 g/mol. The number of benzene rings is 3. The molecule has 1 heterocycles. The Balaban J connectivity index is 1.51. The van der Waals surface area contributed by atoms with Crippen LogP contribution < -0.4 is 20.7 Å². The van der Waals surface area contributed by atoms with Gasteiger partial charge in [0, 0.05) is 11.0 Å². The summed E-state index contributed by atoms with van der Waals surface area (Å²) in [5.41, 5.74) is 1.57. The zero-order chi connectivity index (χ0) is 26.5. The Bertz CT molecular complexity index is 1300. The highest BCUT2D eigenvalue weighted by molar-refractivity contribution is 7.99. The lowest BCUT2D eigenvalue weighted by atomic mass is 10.0. The second-order valence-corrected chi connectivity index (χ2v) is 9.71. The van der Waals surface area contributed by atoms with Gasteiger partial charge in [0.15, 0.2) is 0 Å². The highest BCUT2D eigenvalue weighted by Gasteiger charge is 2.36. The minimum atomic E-state index is -1.01. The quantitative estimate of drug-likeness (QED) is 0.434. The molecule has 0 aromatic heterocycles. The number of para-hydroxylation sites is 1. The van der Waals surface area contributed by atoms with Crippen LogP contribution in [-0.4, -0.2) is 36.9 Å². The minimum absolute atomic E-state index is 0.138. The summed E-state index contributed by atoms with van der Waals surface area (Å²) in [5.74, 6) is -2.51. The number of hydrogen-bond acceptors (Lipinski definition) is 5. The van der Waals surface area contributed by atoms with Crippen LogP contribution in [0.2, 0.25) is 0 Å². The molecule has 4 rings (SSSR count). The van der Waals surface area contributed by atoms with E-state index in [0.717, 1.165) is 22.6 Å². The third kappa shape index (κ3) is 6.45. The van der Waals surface area contributed by atoms with Crippen molar-refractivity contribution in [2.45, 2.75) is 35.6 Å². The van der Waals surface area contributed by atoms with E-state index in [0.29, 0.717) is 17.5 Å². The Morgan fingerprint density at radius 1 is 1.05 bits per heavy atom. The van der Waals surface area contributed by atoms with Gasteiger partial charge in [0.05, 0.1) is 24.5 Å². The van der Waals surface area contributed by atoms with E-state index >= 15 is 0 Å². The molecule has 3 N–H and O–H groups in total. The van der Waals surface area contributed by atoms with Crippen molar-refractivity contribution in [3.05, 3.63) is 89.5 Å². The molecule has 37 heavy (non-hydrogen) atoms. The van der Waals surface area contributed by atoms with Crippen molar-refractivity contribution >= 4 is 35.2 Å². The van der Waals surface area contributed by atoms with Crippen LogP contribution >= 0.6 is 11.8 Å². The molecule has 3 aromatic carbocycles. The molecule has 3 atom stereocenters. The van der Waals surface area contributed by atoms with Gasteiger partial charge in [-0.15, -0.1) is 11.8 Å². The Kier molecular flexibility index (Phi) is 8.08. The van der Waals surface area contributed by atoms with E-state index in [9.17, 15) is 23.2 Å². The van der Waals surface area contributed by atoms with E-state index in [1.165, 1.54) is 18.7 Å². The summed E-state index contributed by atoms with van der Waals surface area (Å²) in [7, 11) is 1.56. The average molecular weight is 526 g/mol. The van der Waals surface area contributed by atoms with Gasteiger partial charge in [-0.2, -0.15) is 0 Å². The molecule has 0 saturated heterocycles. The average Bonchev–Trinajstić information content (AvgIpc) is 2.99. The van der Waals surface area contributed by atoms with Gasteiger partial charge in [0.1, 0.15) is 29.5 Å². The van der Waals surface area contributed by atoms with Gasteiger partial charge >= 0.3 is 0 Å². The summed E-state index contributed by atoms with van der Waals surface area (Å²) in [6.45, 7) is 1.47. The molecular weight excluding hydrogens is 500 g/mol. The number of halogens is 2. The summed E-state index contributed by atoms with van der Waals surface area (Å²) in [4.78, 5) is 39.6. The third-order valence-electron chi connectivity index (χ3n) is 5.78. The van der Waals surface area contributed by atoms with Crippen molar-refractivity contribution in [1.82, 2.24) is 10.6 Å². The molecule has 10 heteroatoms. The number of methoxy groups -OCH3 is 1. The number of nitrogens with one attached hydrogen (secondary N) is 3. The summed E-state index contributed by atoms with van der Waals surface area (Å²) in [6, 6.07) is 15.4. The second-order valence-electron chi connectivity index (χ2n) is 8.53. The van der Waals surface area contributed by atoms with Crippen LogP contribution in [0.1, 0.15) is 23.3 Å². The van der Waals surface area contributed by atoms with E-state index in [4.69, 9.17) is 4.74 Å². The largest absolute Gasteiger partial charge is 0.497 e. The van der Waals surface area contributed by atoms with Crippen LogP contribution in [0.25, 0.3) is 0 Å². The van der Waals surface area contributed by atoms with Crippen LogP contribution in [0.3, 0.4) is 0 Å². The normalized spacial score (nSPS) is 17.6. The number of carbonyl (C=O) groups is 3. The van der Waals surface area contributed by atoms with Gasteiger partial charge in [-0.25, -0.2) is 8.78 Å².